The van der Waals surface area contributed by atoms with E-state index in [2.05, 4.69) is 10.3 Å². The number of ether oxygens (including phenoxy) is 1. The first kappa shape index (κ1) is 18.8. The SMILES string of the molecule is COc1cccc(-c2csc(NC(=O)CCN3C(=O)c4ccccc4C3=O)n2)c1. The van der Waals surface area contributed by atoms with Crippen molar-refractivity contribution >= 4 is 34.2 Å². The molecule has 8 heteroatoms. The molecule has 2 heterocycles. The molecule has 0 unspecified atom stereocenters. The Morgan fingerprint density at radius 3 is 2.52 bits per heavy atom. The highest BCUT2D eigenvalue weighted by Crippen LogP contribution is 2.27. The van der Waals surface area contributed by atoms with E-state index in [9.17, 15) is 14.4 Å². The Labute approximate surface area is 170 Å². The van der Waals surface area contributed by atoms with Gasteiger partial charge in [-0.15, -0.1) is 11.3 Å². The number of amides is 3. The molecular weight excluding hydrogens is 390 g/mol. The van der Waals surface area contributed by atoms with Crippen LogP contribution in [0.1, 0.15) is 27.1 Å². The fourth-order valence-electron chi connectivity index (χ4n) is 3.08. The van der Waals surface area contributed by atoms with Crippen LogP contribution in [0.25, 0.3) is 11.3 Å². The number of aromatic nitrogens is 1. The number of benzene rings is 2. The van der Waals surface area contributed by atoms with Gasteiger partial charge in [0, 0.05) is 23.9 Å². The Bertz CT molecular complexity index is 1070. The van der Waals surface area contributed by atoms with Gasteiger partial charge in [-0.3, -0.25) is 19.3 Å². The number of anilines is 1. The summed E-state index contributed by atoms with van der Waals surface area (Å²) in [5, 5.41) is 5.02. The van der Waals surface area contributed by atoms with Crippen molar-refractivity contribution < 1.29 is 19.1 Å². The molecule has 1 aromatic heterocycles. The maximum atomic E-state index is 12.3. The average molecular weight is 407 g/mol. The van der Waals surface area contributed by atoms with Gasteiger partial charge >= 0.3 is 0 Å². The largest absolute Gasteiger partial charge is 0.497 e. The first-order valence-electron chi connectivity index (χ1n) is 8.92. The topological polar surface area (TPSA) is 88.6 Å². The highest BCUT2D eigenvalue weighted by molar-refractivity contribution is 7.14. The van der Waals surface area contributed by atoms with Gasteiger partial charge < -0.3 is 10.1 Å². The summed E-state index contributed by atoms with van der Waals surface area (Å²) >= 11 is 1.30. The molecule has 0 bridgehead atoms. The van der Waals surface area contributed by atoms with Crippen molar-refractivity contribution in [3.8, 4) is 17.0 Å². The minimum atomic E-state index is -0.368. The zero-order valence-corrected chi connectivity index (χ0v) is 16.4. The van der Waals surface area contributed by atoms with Crippen LogP contribution in [-0.2, 0) is 4.79 Å². The van der Waals surface area contributed by atoms with Gasteiger partial charge in [0.25, 0.3) is 11.8 Å². The number of hydrogen-bond acceptors (Lipinski definition) is 6. The second-order valence-electron chi connectivity index (χ2n) is 6.38. The van der Waals surface area contributed by atoms with Crippen LogP contribution < -0.4 is 10.1 Å². The van der Waals surface area contributed by atoms with E-state index < -0.39 is 0 Å². The van der Waals surface area contributed by atoms with Crippen molar-refractivity contribution in [1.29, 1.82) is 0 Å². The van der Waals surface area contributed by atoms with E-state index in [0.29, 0.717) is 16.3 Å². The lowest BCUT2D eigenvalue weighted by molar-refractivity contribution is -0.116. The van der Waals surface area contributed by atoms with Gasteiger partial charge in [0.1, 0.15) is 5.75 Å². The standard InChI is InChI=1S/C21H17N3O4S/c1-28-14-6-4-5-13(11-14)17-12-29-21(22-17)23-18(25)9-10-24-19(26)15-7-2-3-8-16(15)20(24)27/h2-8,11-12H,9-10H2,1H3,(H,22,23,25). The third kappa shape index (κ3) is 3.74. The molecule has 4 rings (SSSR count). The minimum absolute atomic E-state index is 0.000455. The van der Waals surface area contributed by atoms with Gasteiger partial charge in [0.05, 0.1) is 23.9 Å². The van der Waals surface area contributed by atoms with Crippen LogP contribution in [0.2, 0.25) is 0 Å². The molecule has 3 aromatic rings. The quantitative estimate of drug-likeness (QED) is 0.633. The number of imide groups is 1. The van der Waals surface area contributed by atoms with E-state index >= 15 is 0 Å². The molecule has 146 valence electrons. The fraction of sp³-hybridized carbons (Fsp3) is 0.143. The molecule has 0 radical (unpaired) electrons. The molecule has 0 aliphatic carbocycles. The Morgan fingerprint density at radius 1 is 1.10 bits per heavy atom. The highest BCUT2D eigenvalue weighted by Gasteiger charge is 2.34. The molecule has 0 spiro atoms. The van der Waals surface area contributed by atoms with Crippen molar-refractivity contribution in [3.05, 3.63) is 65.0 Å². The van der Waals surface area contributed by atoms with Crippen LogP contribution in [0.5, 0.6) is 5.75 Å². The van der Waals surface area contributed by atoms with Crippen molar-refractivity contribution in [2.45, 2.75) is 6.42 Å². The summed E-state index contributed by atoms with van der Waals surface area (Å²) in [5.41, 5.74) is 2.36. The fourth-order valence-corrected chi connectivity index (χ4v) is 3.82. The Morgan fingerprint density at radius 2 is 1.83 bits per heavy atom. The van der Waals surface area contributed by atoms with Crippen molar-refractivity contribution in [2.24, 2.45) is 0 Å². The first-order valence-corrected chi connectivity index (χ1v) is 9.80. The second kappa shape index (κ2) is 7.84. The van der Waals surface area contributed by atoms with Crippen LogP contribution in [0.4, 0.5) is 5.13 Å². The van der Waals surface area contributed by atoms with Crippen LogP contribution >= 0.6 is 11.3 Å². The molecule has 1 aliphatic heterocycles. The van der Waals surface area contributed by atoms with Crippen molar-refractivity contribution in [1.82, 2.24) is 9.88 Å². The van der Waals surface area contributed by atoms with E-state index in [1.54, 1.807) is 31.4 Å². The molecule has 0 saturated carbocycles. The summed E-state index contributed by atoms with van der Waals surface area (Å²) in [5.74, 6) is -0.323. The average Bonchev–Trinajstić information content (AvgIpc) is 3.30. The molecule has 1 aliphatic rings. The number of thiazole rings is 1. The van der Waals surface area contributed by atoms with Crippen LogP contribution in [0, 0.1) is 0 Å². The van der Waals surface area contributed by atoms with E-state index in [-0.39, 0.29) is 30.7 Å². The van der Waals surface area contributed by atoms with Gasteiger partial charge in [0.15, 0.2) is 5.13 Å². The summed E-state index contributed by atoms with van der Waals surface area (Å²) in [4.78, 5) is 42.5. The Kier molecular flexibility index (Phi) is 5.09. The molecule has 3 amide bonds. The van der Waals surface area contributed by atoms with Crippen LogP contribution in [-0.4, -0.2) is 41.3 Å². The molecular formula is C21H17N3O4S. The lowest BCUT2D eigenvalue weighted by Gasteiger charge is -2.12. The van der Waals surface area contributed by atoms with Gasteiger partial charge in [-0.05, 0) is 24.3 Å². The maximum absolute atomic E-state index is 12.3. The first-order chi connectivity index (χ1) is 14.1. The zero-order chi connectivity index (χ0) is 20.4. The van der Waals surface area contributed by atoms with Gasteiger partial charge in [-0.25, -0.2) is 4.98 Å². The third-order valence-corrected chi connectivity index (χ3v) is 5.31. The summed E-state index contributed by atoms with van der Waals surface area (Å²) < 4.78 is 5.22. The number of carbonyl (C=O) groups is 3. The number of nitrogens with zero attached hydrogens (tertiary/aromatic N) is 2. The normalized spacial score (nSPS) is 12.8. The Hall–Kier alpha value is -3.52. The molecule has 0 fully saturated rings. The predicted molar refractivity (Wildman–Crippen MR) is 109 cm³/mol. The number of nitrogens with one attached hydrogen (secondary N) is 1. The molecule has 0 saturated heterocycles. The molecule has 0 atom stereocenters. The summed E-state index contributed by atoms with van der Waals surface area (Å²) in [6.07, 6.45) is -0.000455. The molecule has 7 nitrogen and oxygen atoms in total. The lowest BCUT2D eigenvalue weighted by Crippen LogP contribution is -2.32. The zero-order valence-electron chi connectivity index (χ0n) is 15.5. The van der Waals surface area contributed by atoms with Crippen molar-refractivity contribution in [2.75, 3.05) is 19.0 Å². The monoisotopic (exact) mass is 407 g/mol. The van der Waals surface area contributed by atoms with Gasteiger partial charge in [-0.1, -0.05) is 24.3 Å². The number of carbonyl (C=O) groups excluding carboxylic acids is 3. The number of hydrogen-bond donors (Lipinski definition) is 1. The van der Waals surface area contributed by atoms with E-state index in [4.69, 9.17) is 4.74 Å². The van der Waals surface area contributed by atoms with E-state index in [0.717, 1.165) is 21.9 Å². The van der Waals surface area contributed by atoms with Gasteiger partial charge in [0.2, 0.25) is 5.91 Å². The van der Waals surface area contributed by atoms with Crippen molar-refractivity contribution in [3.63, 3.8) is 0 Å². The third-order valence-electron chi connectivity index (χ3n) is 4.56. The summed E-state index contributed by atoms with van der Waals surface area (Å²) in [6, 6.07) is 14.1. The van der Waals surface area contributed by atoms with E-state index in [1.807, 2.05) is 29.6 Å². The number of methoxy groups -OCH3 is 1. The van der Waals surface area contributed by atoms with Gasteiger partial charge in [-0.2, -0.15) is 0 Å². The number of fused-ring (bicyclic) bond motifs is 1. The molecule has 1 N–H and O–H groups in total. The minimum Gasteiger partial charge on any atom is -0.497 e. The van der Waals surface area contributed by atoms with Crippen LogP contribution in [0.3, 0.4) is 0 Å². The second-order valence-corrected chi connectivity index (χ2v) is 7.23. The Balaban J connectivity index is 1.37. The predicted octanol–water partition coefficient (Wildman–Crippen LogP) is 3.44. The summed E-state index contributed by atoms with van der Waals surface area (Å²) in [7, 11) is 1.60. The smallest absolute Gasteiger partial charge is 0.261 e. The maximum Gasteiger partial charge on any atom is 0.261 e. The molecule has 2 aromatic carbocycles. The lowest BCUT2D eigenvalue weighted by atomic mass is 10.1. The van der Waals surface area contributed by atoms with Crippen LogP contribution in [0.15, 0.2) is 53.9 Å². The molecule has 29 heavy (non-hydrogen) atoms. The highest BCUT2D eigenvalue weighted by atomic mass is 32.1. The number of rotatable bonds is 6. The van der Waals surface area contributed by atoms with E-state index in [1.165, 1.54) is 11.3 Å². The summed E-state index contributed by atoms with van der Waals surface area (Å²) in [6.45, 7) is 0.0201.